The summed E-state index contributed by atoms with van der Waals surface area (Å²) >= 11 is 3.37. The summed E-state index contributed by atoms with van der Waals surface area (Å²) in [7, 11) is 0. The molecule has 0 spiro atoms. The van der Waals surface area contributed by atoms with Gasteiger partial charge in [0.2, 0.25) is 0 Å². The van der Waals surface area contributed by atoms with Crippen LogP contribution in [0.3, 0.4) is 0 Å². The minimum Gasteiger partial charge on any atom is -0.411 e. The Balaban J connectivity index is 2.76. The van der Waals surface area contributed by atoms with Crippen LogP contribution < -0.4 is 0 Å². The van der Waals surface area contributed by atoms with E-state index < -0.39 is 0 Å². The smallest absolute Gasteiger partial charge is 0.0583 e. The third-order valence-corrected chi connectivity index (χ3v) is 2.01. The van der Waals surface area contributed by atoms with Crippen molar-refractivity contribution < 1.29 is 5.21 Å². The number of hydrogen-bond acceptors (Lipinski definition) is 2. The first-order chi connectivity index (χ1) is 5.72. The highest BCUT2D eigenvalue weighted by Crippen LogP contribution is 2.12. The lowest BCUT2D eigenvalue weighted by molar-refractivity contribution is 0.317. The zero-order chi connectivity index (χ0) is 8.97. The molecule has 0 aliphatic carbocycles. The molecule has 0 fully saturated rings. The molecule has 1 N–H and O–H groups in total. The third-order valence-electron chi connectivity index (χ3n) is 1.52. The molecule has 1 rings (SSSR count). The molecule has 0 radical (unpaired) electrons. The molecule has 64 valence electrons. The number of rotatable bonds is 2. The zero-order valence-electron chi connectivity index (χ0n) is 6.79. The largest absolute Gasteiger partial charge is 0.411 e. The maximum absolute atomic E-state index is 8.44. The van der Waals surface area contributed by atoms with E-state index in [1.165, 1.54) is 0 Å². The minimum absolute atomic E-state index is 0.690. The van der Waals surface area contributed by atoms with Crippen LogP contribution in [0.5, 0.6) is 0 Å². The van der Waals surface area contributed by atoms with E-state index in [9.17, 15) is 0 Å². The van der Waals surface area contributed by atoms with Crippen molar-refractivity contribution in [3.63, 3.8) is 0 Å². The van der Waals surface area contributed by atoms with E-state index in [2.05, 4.69) is 21.1 Å². The van der Waals surface area contributed by atoms with Crippen molar-refractivity contribution in [2.75, 3.05) is 0 Å². The van der Waals surface area contributed by atoms with E-state index in [4.69, 9.17) is 5.21 Å². The molecule has 2 nitrogen and oxygen atoms in total. The van der Waals surface area contributed by atoms with E-state index >= 15 is 0 Å². The molecule has 0 saturated carbocycles. The Labute approximate surface area is 80.0 Å². The normalized spacial score (nSPS) is 11.7. The van der Waals surface area contributed by atoms with Crippen molar-refractivity contribution in [1.82, 2.24) is 0 Å². The summed E-state index contributed by atoms with van der Waals surface area (Å²) in [6.07, 6.45) is 0.690. The molecule has 1 aromatic rings. The highest BCUT2D eigenvalue weighted by Gasteiger charge is 1.96. The van der Waals surface area contributed by atoms with E-state index in [1.54, 1.807) is 6.92 Å². The van der Waals surface area contributed by atoms with Crippen LogP contribution in [0.1, 0.15) is 12.5 Å². The topological polar surface area (TPSA) is 32.6 Å². The van der Waals surface area contributed by atoms with Gasteiger partial charge in [0.15, 0.2) is 0 Å². The number of benzene rings is 1. The van der Waals surface area contributed by atoms with E-state index in [0.717, 1.165) is 10.0 Å². The Hall–Kier alpha value is -0.830. The van der Waals surface area contributed by atoms with Gasteiger partial charge in [-0.25, -0.2) is 0 Å². The molecule has 0 heterocycles. The lowest BCUT2D eigenvalue weighted by Gasteiger charge is -1.99. The van der Waals surface area contributed by atoms with Gasteiger partial charge in [0, 0.05) is 10.9 Å². The SMILES string of the molecule is C/C(Cc1cccc(Br)c1)=N\O. The van der Waals surface area contributed by atoms with Crippen molar-refractivity contribution in [2.24, 2.45) is 5.16 Å². The summed E-state index contributed by atoms with van der Waals surface area (Å²) in [6, 6.07) is 7.94. The summed E-state index contributed by atoms with van der Waals surface area (Å²) < 4.78 is 1.05. The first-order valence-electron chi connectivity index (χ1n) is 3.64. The molecule has 3 heteroatoms. The lowest BCUT2D eigenvalue weighted by Crippen LogP contribution is -1.96. The highest BCUT2D eigenvalue weighted by molar-refractivity contribution is 9.10. The molecule has 0 amide bonds. The van der Waals surface area contributed by atoms with Crippen LogP contribution in [0, 0.1) is 0 Å². The van der Waals surface area contributed by atoms with Crippen molar-refractivity contribution in [3.05, 3.63) is 34.3 Å². The highest BCUT2D eigenvalue weighted by atomic mass is 79.9. The zero-order valence-corrected chi connectivity index (χ0v) is 8.37. The summed E-state index contributed by atoms with van der Waals surface area (Å²) in [6.45, 7) is 1.79. The van der Waals surface area contributed by atoms with Gasteiger partial charge in [-0.3, -0.25) is 0 Å². The van der Waals surface area contributed by atoms with E-state index in [-0.39, 0.29) is 0 Å². The van der Waals surface area contributed by atoms with Crippen LogP contribution in [-0.4, -0.2) is 10.9 Å². The van der Waals surface area contributed by atoms with Gasteiger partial charge in [-0.05, 0) is 24.6 Å². The van der Waals surface area contributed by atoms with Crippen molar-refractivity contribution in [2.45, 2.75) is 13.3 Å². The predicted molar refractivity (Wildman–Crippen MR) is 52.7 cm³/mol. The summed E-state index contributed by atoms with van der Waals surface area (Å²) in [4.78, 5) is 0. The second kappa shape index (κ2) is 4.26. The van der Waals surface area contributed by atoms with Crippen LogP contribution in [0.2, 0.25) is 0 Å². The molecule has 0 aromatic heterocycles. The van der Waals surface area contributed by atoms with E-state index in [0.29, 0.717) is 12.1 Å². The van der Waals surface area contributed by atoms with Gasteiger partial charge in [-0.1, -0.05) is 33.2 Å². The second-order valence-electron chi connectivity index (χ2n) is 2.64. The second-order valence-corrected chi connectivity index (χ2v) is 3.56. The standard InChI is InChI=1S/C9H10BrNO/c1-7(11-12)5-8-3-2-4-9(10)6-8/h2-4,6,12H,5H2,1H3/b11-7+. The molecule has 0 unspecified atom stereocenters. The van der Waals surface area contributed by atoms with Gasteiger partial charge in [0.1, 0.15) is 0 Å². The molecule has 0 aliphatic heterocycles. The van der Waals surface area contributed by atoms with Gasteiger partial charge in [-0.15, -0.1) is 0 Å². The summed E-state index contributed by atoms with van der Waals surface area (Å²) in [5.74, 6) is 0. The monoisotopic (exact) mass is 227 g/mol. The molecule has 0 saturated heterocycles. The third kappa shape index (κ3) is 2.66. The Kier molecular flexibility index (Phi) is 3.29. The van der Waals surface area contributed by atoms with Gasteiger partial charge in [0.05, 0.1) is 5.71 Å². The van der Waals surface area contributed by atoms with E-state index in [1.807, 2.05) is 24.3 Å². The maximum Gasteiger partial charge on any atom is 0.0583 e. The molecular formula is C9H10BrNO. The van der Waals surface area contributed by atoms with Gasteiger partial charge < -0.3 is 5.21 Å². The summed E-state index contributed by atoms with van der Waals surface area (Å²) in [5.41, 5.74) is 1.85. The molecule has 0 atom stereocenters. The van der Waals surface area contributed by atoms with Crippen LogP contribution in [0.15, 0.2) is 33.9 Å². The Morgan fingerprint density at radius 2 is 2.33 bits per heavy atom. The molecule has 12 heavy (non-hydrogen) atoms. The average Bonchev–Trinajstić information content (AvgIpc) is 2.04. The fraction of sp³-hybridized carbons (Fsp3) is 0.222. The summed E-state index contributed by atoms with van der Waals surface area (Å²) in [5, 5.41) is 11.6. The number of hydrogen-bond donors (Lipinski definition) is 1. The Bertz CT molecular complexity index is 296. The molecule has 1 aromatic carbocycles. The van der Waals surface area contributed by atoms with Crippen molar-refractivity contribution in [1.29, 1.82) is 0 Å². The molecule has 0 bridgehead atoms. The minimum atomic E-state index is 0.690. The lowest BCUT2D eigenvalue weighted by atomic mass is 10.1. The first-order valence-corrected chi connectivity index (χ1v) is 4.43. The van der Waals surface area contributed by atoms with Crippen molar-refractivity contribution >= 4 is 21.6 Å². The van der Waals surface area contributed by atoms with Crippen LogP contribution in [0.25, 0.3) is 0 Å². The van der Waals surface area contributed by atoms with Crippen molar-refractivity contribution in [3.8, 4) is 0 Å². The molecular weight excluding hydrogens is 218 g/mol. The average molecular weight is 228 g/mol. The van der Waals surface area contributed by atoms with Crippen LogP contribution in [-0.2, 0) is 6.42 Å². The first kappa shape index (κ1) is 9.26. The number of oxime groups is 1. The van der Waals surface area contributed by atoms with Gasteiger partial charge in [-0.2, -0.15) is 0 Å². The Morgan fingerprint density at radius 3 is 2.92 bits per heavy atom. The Morgan fingerprint density at radius 1 is 1.58 bits per heavy atom. The van der Waals surface area contributed by atoms with Crippen LogP contribution in [0.4, 0.5) is 0 Å². The maximum atomic E-state index is 8.44. The quantitative estimate of drug-likeness (QED) is 0.471. The number of halogens is 1. The van der Waals surface area contributed by atoms with Gasteiger partial charge in [0.25, 0.3) is 0 Å². The fourth-order valence-corrected chi connectivity index (χ4v) is 1.42. The molecule has 0 aliphatic rings. The predicted octanol–water partition coefficient (Wildman–Crippen LogP) is 2.84. The number of nitrogens with zero attached hydrogens (tertiary/aromatic N) is 1. The van der Waals surface area contributed by atoms with Crippen LogP contribution >= 0.6 is 15.9 Å². The fourth-order valence-electron chi connectivity index (χ4n) is 0.978. The van der Waals surface area contributed by atoms with Gasteiger partial charge >= 0.3 is 0 Å².